The number of carbonyl (C=O) groups is 2. The summed E-state index contributed by atoms with van der Waals surface area (Å²) in [6.07, 6.45) is 5.14. The van der Waals surface area contributed by atoms with Crippen LogP contribution < -0.4 is 20.7 Å². The minimum atomic E-state index is -0.299. The zero-order valence-electron chi connectivity index (χ0n) is 26.7. The second-order valence-electron chi connectivity index (χ2n) is 11.9. The van der Waals surface area contributed by atoms with Gasteiger partial charge < -0.3 is 25.4 Å². The Balaban J connectivity index is 1.15. The van der Waals surface area contributed by atoms with Crippen LogP contribution in [0.15, 0.2) is 60.9 Å². The summed E-state index contributed by atoms with van der Waals surface area (Å²) in [7, 11) is 3.32. The predicted octanol–water partition coefficient (Wildman–Crippen LogP) is 4.63. The summed E-state index contributed by atoms with van der Waals surface area (Å²) in [5.41, 5.74) is 6.44. The molecule has 12 heteroatoms. The lowest BCUT2D eigenvalue weighted by Crippen LogP contribution is -2.50. The number of hydrogen-bond acceptors (Lipinski definition) is 9. The van der Waals surface area contributed by atoms with E-state index >= 15 is 0 Å². The van der Waals surface area contributed by atoms with E-state index in [1.807, 2.05) is 49.4 Å². The molecule has 2 fully saturated rings. The van der Waals surface area contributed by atoms with Gasteiger partial charge in [0.15, 0.2) is 0 Å². The fourth-order valence-corrected chi connectivity index (χ4v) is 6.21. The summed E-state index contributed by atoms with van der Waals surface area (Å²) in [4.78, 5) is 40.7. The van der Waals surface area contributed by atoms with E-state index in [1.165, 1.54) is 0 Å². The molecule has 0 unspecified atom stereocenters. The molecule has 3 aromatic heterocycles. The van der Waals surface area contributed by atoms with Crippen molar-refractivity contribution < 1.29 is 19.1 Å². The third-order valence-electron chi connectivity index (χ3n) is 8.65. The Bertz CT molecular complexity index is 1760. The van der Waals surface area contributed by atoms with Gasteiger partial charge in [-0.2, -0.15) is 0 Å². The van der Waals surface area contributed by atoms with Crippen molar-refractivity contribution in [3.8, 4) is 28.4 Å². The van der Waals surface area contributed by atoms with Gasteiger partial charge in [0.1, 0.15) is 5.69 Å². The van der Waals surface area contributed by atoms with Crippen LogP contribution in [0, 0.1) is 6.92 Å². The van der Waals surface area contributed by atoms with Gasteiger partial charge in [0, 0.05) is 87.1 Å². The molecule has 4 aromatic rings. The highest BCUT2D eigenvalue weighted by Crippen LogP contribution is 2.38. The molecular formula is C35H38ClN7O4. The van der Waals surface area contributed by atoms with Crippen LogP contribution in [-0.4, -0.2) is 77.7 Å². The molecule has 11 nitrogen and oxygen atoms in total. The first-order valence-corrected chi connectivity index (χ1v) is 16.0. The fourth-order valence-electron chi connectivity index (χ4n) is 5.90. The molecule has 1 atom stereocenters. The van der Waals surface area contributed by atoms with Crippen molar-refractivity contribution in [3.63, 3.8) is 0 Å². The van der Waals surface area contributed by atoms with Gasteiger partial charge in [-0.25, -0.2) is 4.98 Å². The van der Waals surface area contributed by atoms with Crippen LogP contribution in [0.5, 0.6) is 5.88 Å². The normalized spacial score (nSPS) is 16.5. The van der Waals surface area contributed by atoms with Crippen LogP contribution in [0.25, 0.3) is 22.5 Å². The smallest absolute Gasteiger partial charge is 0.274 e. The van der Waals surface area contributed by atoms with Gasteiger partial charge in [-0.05, 0) is 48.7 Å². The first-order chi connectivity index (χ1) is 22.8. The van der Waals surface area contributed by atoms with Gasteiger partial charge in [0.2, 0.25) is 11.8 Å². The molecule has 2 aliphatic heterocycles. The molecule has 2 saturated heterocycles. The molecule has 5 heterocycles. The highest BCUT2D eigenvalue weighted by atomic mass is 35.5. The molecule has 2 aliphatic rings. The molecule has 0 spiro atoms. The van der Waals surface area contributed by atoms with Crippen LogP contribution in [0.4, 0.5) is 5.69 Å². The zero-order chi connectivity index (χ0) is 32.9. The number of nitrogens with one attached hydrogen (secondary N) is 3. The number of nitrogens with zero attached hydrogens (tertiary/aromatic N) is 4. The summed E-state index contributed by atoms with van der Waals surface area (Å²) >= 11 is 6.99. The van der Waals surface area contributed by atoms with Crippen LogP contribution >= 0.6 is 11.6 Å². The average molecular weight is 656 g/mol. The number of aromatic nitrogens is 3. The summed E-state index contributed by atoms with van der Waals surface area (Å²) in [5.74, 6) is 0.285. The summed E-state index contributed by atoms with van der Waals surface area (Å²) < 4.78 is 11.0. The first-order valence-electron chi connectivity index (χ1n) is 15.6. The third kappa shape index (κ3) is 7.44. The second kappa shape index (κ2) is 14.6. The Morgan fingerprint density at radius 3 is 2.66 bits per heavy atom. The zero-order valence-corrected chi connectivity index (χ0v) is 27.4. The van der Waals surface area contributed by atoms with E-state index in [1.54, 1.807) is 32.7 Å². The van der Waals surface area contributed by atoms with Crippen molar-refractivity contribution in [2.45, 2.75) is 45.0 Å². The van der Waals surface area contributed by atoms with E-state index in [0.29, 0.717) is 64.8 Å². The summed E-state index contributed by atoms with van der Waals surface area (Å²) in [6, 6.07) is 15.1. The highest BCUT2D eigenvalue weighted by Gasteiger charge is 2.26. The predicted molar refractivity (Wildman–Crippen MR) is 180 cm³/mol. The summed E-state index contributed by atoms with van der Waals surface area (Å²) in [6.45, 7) is 5.71. The van der Waals surface area contributed by atoms with Crippen LogP contribution in [0.2, 0.25) is 5.02 Å². The number of anilines is 1. The number of ether oxygens (including phenoxy) is 2. The molecule has 2 amide bonds. The van der Waals surface area contributed by atoms with Crippen molar-refractivity contribution in [2.24, 2.45) is 0 Å². The topological polar surface area (TPSA) is 131 Å². The van der Waals surface area contributed by atoms with Crippen molar-refractivity contribution in [3.05, 3.63) is 88.3 Å². The van der Waals surface area contributed by atoms with Gasteiger partial charge in [0.05, 0.1) is 29.6 Å². The molecule has 1 aromatic carbocycles. The summed E-state index contributed by atoms with van der Waals surface area (Å²) in [5, 5.41) is 9.79. The Kier molecular flexibility index (Phi) is 10.1. The lowest BCUT2D eigenvalue weighted by atomic mass is 10.0. The Hall–Kier alpha value is -4.42. The molecule has 47 heavy (non-hydrogen) atoms. The van der Waals surface area contributed by atoms with Crippen LogP contribution in [0.3, 0.4) is 0 Å². The maximum atomic E-state index is 13.2. The van der Waals surface area contributed by atoms with Crippen molar-refractivity contribution >= 4 is 29.1 Å². The molecule has 0 aliphatic carbocycles. The first kappa shape index (κ1) is 32.5. The number of amides is 2. The molecular weight excluding hydrogens is 618 g/mol. The second-order valence-corrected chi connectivity index (χ2v) is 12.2. The van der Waals surface area contributed by atoms with E-state index < -0.39 is 0 Å². The van der Waals surface area contributed by atoms with Gasteiger partial charge in [-0.1, -0.05) is 35.9 Å². The lowest BCUT2D eigenvalue weighted by Gasteiger charge is -2.38. The van der Waals surface area contributed by atoms with Crippen molar-refractivity contribution in [1.29, 1.82) is 0 Å². The number of hydrogen-bond donors (Lipinski definition) is 3. The van der Waals surface area contributed by atoms with Gasteiger partial charge >= 0.3 is 0 Å². The maximum Gasteiger partial charge on any atom is 0.274 e. The molecule has 0 bridgehead atoms. The van der Waals surface area contributed by atoms with Gasteiger partial charge in [-0.3, -0.25) is 24.5 Å². The number of benzene rings is 1. The molecule has 0 saturated carbocycles. The number of methoxy groups -OCH3 is 2. The molecule has 6 rings (SSSR count). The molecule has 3 N–H and O–H groups in total. The largest absolute Gasteiger partial charge is 0.481 e. The van der Waals surface area contributed by atoms with Gasteiger partial charge in [0.25, 0.3) is 5.91 Å². The highest BCUT2D eigenvalue weighted by molar-refractivity contribution is 6.35. The minimum Gasteiger partial charge on any atom is -0.481 e. The SMILES string of the molecule is COc1nc(-c2ccnc(-c3cccc(NC(=O)c4ccc(CN5CC(OC)C5)cn4)c3C)c2Cl)ccc1CNC[C@@H]1CCC(=O)N1. The monoisotopic (exact) mass is 655 g/mol. The van der Waals surface area contributed by atoms with Crippen molar-refractivity contribution in [1.82, 2.24) is 30.5 Å². The molecule has 0 radical (unpaired) electrons. The third-order valence-corrected chi connectivity index (χ3v) is 9.03. The Morgan fingerprint density at radius 2 is 1.94 bits per heavy atom. The number of pyridine rings is 3. The maximum absolute atomic E-state index is 13.2. The number of carbonyl (C=O) groups excluding carboxylic acids is 2. The molecule has 244 valence electrons. The number of halogens is 1. The fraction of sp³-hybridized carbons (Fsp3) is 0.343. The van der Waals surface area contributed by atoms with Crippen LogP contribution in [-0.2, 0) is 22.6 Å². The van der Waals surface area contributed by atoms with E-state index in [0.717, 1.165) is 48.3 Å². The standard InChI is InChI=1S/C35H38ClN7O4/c1-21-26(5-4-6-28(21)41-34(45)30-10-7-22(15-39-30)18-43-19-25(20-43)46-2)33-32(36)27(13-14-38-33)29-11-8-23(35(42-29)47-3)16-37-17-24-9-12-31(44)40-24/h4-8,10-11,13-15,24-25,37H,9,12,16-20H2,1-3H3,(H,40,44)(H,41,45)/t24-/m0/s1. The Labute approximate surface area is 279 Å². The minimum absolute atomic E-state index is 0.0959. The quantitative estimate of drug-likeness (QED) is 0.200. The van der Waals surface area contributed by atoms with E-state index in [-0.39, 0.29) is 17.9 Å². The average Bonchev–Trinajstić information content (AvgIpc) is 3.48. The van der Waals surface area contributed by atoms with Crippen molar-refractivity contribution in [2.75, 3.05) is 39.2 Å². The van der Waals surface area contributed by atoms with E-state index in [2.05, 4.69) is 30.8 Å². The Morgan fingerprint density at radius 1 is 1.09 bits per heavy atom. The lowest BCUT2D eigenvalue weighted by molar-refractivity contribution is -0.119. The van der Waals surface area contributed by atoms with E-state index in [4.69, 9.17) is 26.1 Å². The van der Waals surface area contributed by atoms with Crippen LogP contribution in [0.1, 0.15) is 40.0 Å². The van der Waals surface area contributed by atoms with Gasteiger partial charge in [-0.15, -0.1) is 0 Å². The number of likely N-dealkylation sites (tertiary alicyclic amines) is 1. The number of rotatable bonds is 12. The van der Waals surface area contributed by atoms with E-state index in [9.17, 15) is 9.59 Å².